The van der Waals surface area contributed by atoms with Crippen molar-refractivity contribution in [2.45, 2.75) is 20.8 Å². The number of carboxylic acids is 1. The molecule has 0 aliphatic rings. The maximum atomic E-state index is 11.7. The fourth-order valence-electron chi connectivity index (χ4n) is 1.41. The lowest BCUT2D eigenvalue weighted by Gasteiger charge is -2.16. The fourth-order valence-corrected chi connectivity index (χ4v) is 1.41. The third-order valence-electron chi connectivity index (χ3n) is 2.62. The van der Waals surface area contributed by atoms with Gasteiger partial charge < -0.3 is 10.4 Å². The van der Waals surface area contributed by atoms with Gasteiger partial charge in [0.2, 0.25) is 0 Å². The lowest BCUT2D eigenvalue weighted by atomic mass is 9.96. The summed E-state index contributed by atoms with van der Waals surface area (Å²) in [5.74, 6) is -1.98. The molecule has 1 unspecified atom stereocenters. The minimum absolute atomic E-state index is 0.0492. The van der Waals surface area contributed by atoms with Crippen molar-refractivity contribution >= 4 is 11.9 Å². The van der Waals surface area contributed by atoms with Gasteiger partial charge in [-0.3, -0.25) is 14.6 Å². The molecule has 1 aromatic heterocycles. The number of carbonyl (C=O) groups is 2. The fraction of sp³-hybridized carbons (Fsp3) is 0.500. The van der Waals surface area contributed by atoms with Crippen LogP contribution in [0.15, 0.2) is 12.4 Å². The maximum absolute atomic E-state index is 11.7. The van der Waals surface area contributed by atoms with E-state index in [9.17, 15) is 9.59 Å². The Balaban J connectivity index is 2.60. The standard InChI is InChI=1S/C12H17N3O3/c1-7(2)9(12(17)18)5-15-11(16)10-6-13-8(3)4-14-10/h4,6-7,9H,5H2,1-3H3,(H,15,16)(H,17,18). The molecule has 6 heteroatoms. The predicted octanol–water partition coefficient (Wildman–Crippen LogP) is 0.872. The lowest BCUT2D eigenvalue weighted by molar-refractivity contribution is -0.142. The minimum atomic E-state index is -0.916. The monoisotopic (exact) mass is 251 g/mol. The molecule has 0 aliphatic carbocycles. The molecule has 0 aromatic carbocycles. The first-order valence-electron chi connectivity index (χ1n) is 5.71. The average molecular weight is 251 g/mol. The number of aliphatic carboxylic acids is 1. The Morgan fingerprint density at radius 2 is 2.00 bits per heavy atom. The first-order valence-corrected chi connectivity index (χ1v) is 5.71. The highest BCUT2D eigenvalue weighted by Gasteiger charge is 2.22. The molecule has 98 valence electrons. The van der Waals surface area contributed by atoms with E-state index in [1.807, 2.05) is 0 Å². The van der Waals surface area contributed by atoms with Crippen LogP contribution in [0.25, 0.3) is 0 Å². The summed E-state index contributed by atoms with van der Waals surface area (Å²) in [6.07, 6.45) is 2.86. The van der Waals surface area contributed by atoms with Crippen molar-refractivity contribution in [3.63, 3.8) is 0 Å². The van der Waals surface area contributed by atoms with Crippen LogP contribution in [0.4, 0.5) is 0 Å². The number of rotatable bonds is 5. The van der Waals surface area contributed by atoms with E-state index in [4.69, 9.17) is 5.11 Å². The summed E-state index contributed by atoms with van der Waals surface area (Å²) < 4.78 is 0. The molecule has 0 bridgehead atoms. The van der Waals surface area contributed by atoms with Gasteiger partial charge in [0, 0.05) is 12.7 Å². The highest BCUT2D eigenvalue weighted by molar-refractivity contribution is 5.92. The summed E-state index contributed by atoms with van der Waals surface area (Å²) in [6.45, 7) is 5.46. The van der Waals surface area contributed by atoms with E-state index in [0.29, 0.717) is 0 Å². The molecule has 0 fully saturated rings. The maximum Gasteiger partial charge on any atom is 0.308 e. The Bertz CT molecular complexity index is 429. The van der Waals surface area contributed by atoms with Crippen LogP contribution >= 0.6 is 0 Å². The largest absolute Gasteiger partial charge is 0.481 e. The SMILES string of the molecule is Cc1cnc(C(=O)NCC(C(=O)O)C(C)C)cn1. The number of hydrogen-bond acceptors (Lipinski definition) is 4. The molecule has 1 heterocycles. The van der Waals surface area contributed by atoms with Gasteiger partial charge in [-0.25, -0.2) is 4.98 Å². The number of aromatic nitrogens is 2. The summed E-state index contributed by atoms with van der Waals surface area (Å²) in [7, 11) is 0. The van der Waals surface area contributed by atoms with E-state index in [0.717, 1.165) is 5.69 Å². The predicted molar refractivity (Wildman–Crippen MR) is 65.1 cm³/mol. The third-order valence-corrected chi connectivity index (χ3v) is 2.62. The molecule has 1 aromatic rings. The van der Waals surface area contributed by atoms with Crippen molar-refractivity contribution in [3.8, 4) is 0 Å². The van der Waals surface area contributed by atoms with Crippen LogP contribution in [0.2, 0.25) is 0 Å². The number of aryl methyl sites for hydroxylation is 1. The molecule has 0 radical (unpaired) electrons. The minimum Gasteiger partial charge on any atom is -0.481 e. The summed E-state index contributed by atoms with van der Waals surface area (Å²) in [6, 6.07) is 0. The second kappa shape index (κ2) is 6.09. The number of carboxylic acid groups (broad SMARTS) is 1. The molecule has 0 spiro atoms. The van der Waals surface area contributed by atoms with Crippen LogP contribution in [0.1, 0.15) is 30.0 Å². The first-order chi connectivity index (χ1) is 8.41. The Labute approximate surface area is 105 Å². The van der Waals surface area contributed by atoms with E-state index in [1.165, 1.54) is 12.4 Å². The quantitative estimate of drug-likeness (QED) is 0.810. The topological polar surface area (TPSA) is 92.2 Å². The van der Waals surface area contributed by atoms with Gasteiger partial charge in [0.15, 0.2) is 0 Å². The van der Waals surface area contributed by atoms with Gasteiger partial charge in [-0.2, -0.15) is 0 Å². The lowest BCUT2D eigenvalue weighted by Crippen LogP contribution is -2.35. The van der Waals surface area contributed by atoms with E-state index in [-0.39, 0.29) is 18.2 Å². The van der Waals surface area contributed by atoms with Crippen LogP contribution in [-0.2, 0) is 4.79 Å². The smallest absolute Gasteiger partial charge is 0.308 e. The van der Waals surface area contributed by atoms with E-state index in [2.05, 4.69) is 15.3 Å². The number of carbonyl (C=O) groups excluding carboxylic acids is 1. The molecule has 1 atom stereocenters. The third kappa shape index (κ3) is 3.80. The molecule has 0 saturated heterocycles. The van der Waals surface area contributed by atoms with Crippen molar-refractivity contribution in [3.05, 3.63) is 23.8 Å². The average Bonchev–Trinajstić information content (AvgIpc) is 2.28. The van der Waals surface area contributed by atoms with Gasteiger partial charge in [0.05, 0.1) is 17.8 Å². The van der Waals surface area contributed by atoms with Crippen LogP contribution < -0.4 is 5.32 Å². The second-order valence-corrected chi connectivity index (χ2v) is 4.44. The van der Waals surface area contributed by atoms with E-state index >= 15 is 0 Å². The molecule has 0 saturated carbocycles. The van der Waals surface area contributed by atoms with E-state index in [1.54, 1.807) is 20.8 Å². The summed E-state index contributed by atoms with van der Waals surface area (Å²) in [4.78, 5) is 30.5. The Kier molecular flexibility index (Phi) is 4.76. The zero-order valence-corrected chi connectivity index (χ0v) is 10.7. The molecular formula is C12H17N3O3. The summed E-state index contributed by atoms with van der Waals surface area (Å²) in [5.41, 5.74) is 0.908. The van der Waals surface area contributed by atoms with Gasteiger partial charge in [-0.05, 0) is 12.8 Å². The van der Waals surface area contributed by atoms with Gasteiger partial charge in [-0.1, -0.05) is 13.8 Å². The molecule has 0 aliphatic heterocycles. The van der Waals surface area contributed by atoms with Crippen LogP contribution in [0.3, 0.4) is 0 Å². The molecule has 6 nitrogen and oxygen atoms in total. The van der Waals surface area contributed by atoms with Crippen molar-refractivity contribution in [2.24, 2.45) is 11.8 Å². The van der Waals surface area contributed by atoms with Gasteiger partial charge in [-0.15, -0.1) is 0 Å². The molecular weight excluding hydrogens is 234 g/mol. The van der Waals surface area contributed by atoms with E-state index < -0.39 is 17.8 Å². The van der Waals surface area contributed by atoms with Crippen molar-refractivity contribution in [1.82, 2.24) is 15.3 Å². The van der Waals surface area contributed by atoms with Crippen LogP contribution in [0, 0.1) is 18.8 Å². The number of amides is 1. The van der Waals surface area contributed by atoms with Crippen molar-refractivity contribution in [2.75, 3.05) is 6.54 Å². The first kappa shape index (κ1) is 14.1. The second-order valence-electron chi connectivity index (χ2n) is 4.44. The highest BCUT2D eigenvalue weighted by atomic mass is 16.4. The van der Waals surface area contributed by atoms with Crippen LogP contribution in [-0.4, -0.2) is 33.5 Å². The van der Waals surface area contributed by atoms with Crippen molar-refractivity contribution in [1.29, 1.82) is 0 Å². The van der Waals surface area contributed by atoms with Crippen molar-refractivity contribution < 1.29 is 14.7 Å². The summed E-state index contributed by atoms with van der Waals surface area (Å²) in [5, 5.41) is 11.5. The van der Waals surface area contributed by atoms with Gasteiger partial charge in [0.1, 0.15) is 5.69 Å². The molecule has 18 heavy (non-hydrogen) atoms. The van der Waals surface area contributed by atoms with Gasteiger partial charge in [0.25, 0.3) is 5.91 Å². The molecule has 1 rings (SSSR count). The molecule has 1 amide bonds. The zero-order chi connectivity index (χ0) is 13.7. The van der Waals surface area contributed by atoms with Crippen LogP contribution in [0.5, 0.6) is 0 Å². The Morgan fingerprint density at radius 3 is 2.44 bits per heavy atom. The number of nitrogens with one attached hydrogen (secondary N) is 1. The Morgan fingerprint density at radius 1 is 1.33 bits per heavy atom. The number of hydrogen-bond donors (Lipinski definition) is 2. The van der Waals surface area contributed by atoms with Gasteiger partial charge >= 0.3 is 5.97 Å². The Hall–Kier alpha value is -1.98. The zero-order valence-electron chi connectivity index (χ0n) is 10.7. The highest BCUT2D eigenvalue weighted by Crippen LogP contribution is 2.09. The number of nitrogens with zero attached hydrogens (tertiary/aromatic N) is 2. The normalized spacial score (nSPS) is 12.2. The summed E-state index contributed by atoms with van der Waals surface area (Å²) >= 11 is 0. The molecule has 2 N–H and O–H groups in total.